The Hall–Kier alpha value is -2.48. The molecule has 0 radical (unpaired) electrons. The number of aromatic nitrogens is 2. The van der Waals surface area contributed by atoms with Gasteiger partial charge in [-0.3, -0.25) is 0 Å². The first kappa shape index (κ1) is 17.0. The van der Waals surface area contributed by atoms with Crippen molar-refractivity contribution in [3.8, 4) is 22.7 Å². The average Bonchev–Trinajstić information content (AvgIpc) is 3.03. The monoisotopic (exact) mass is 380 g/mol. The van der Waals surface area contributed by atoms with Gasteiger partial charge >= 0.3 is 6.18 Å². The van der Waals surface area contributed by atoms with Gasteiger partial charge in [0.15, 0.2) is 17.3 Å². The van der Waals surface area contributed by atoms with E-state index in [0.717, 1.165) is 11.8 Å². The quantitative estimate of drug-likeness (QED) is 0.564. The highest BCUT2D eigenvalue weighted by Crippen LogP contribution is 2.49. The van der Waals surface area contributed by atoms with Crippen molar-refractivity contribution in [2.45, 2.75) is 16.8 Å². The number of fused-ring (bicyclic) bond motifs is 3. The zero-order valence-electron chi connectivity index (χ0n) is 13.5. The molecule has 0 saturated heterocycles. The molecule has 0 unspecified atom stereocenters. The Morgan fingerprint density at radius 1 is 1.12 bits per heavy atom. The summed E-state index contributed by atoms with van der Waals surface area (Å²) < 4.78 is 61.3. The first-order valence-electron chi connectivity index (χ1n) is 7.66. The zero-order valence-corrected chi connectivity index (χ0v) is 14.3. The van der Waals surface area contributed by atoms with E-state index in [1.807, 2.05) is 0 Å². The SMILES string of the molecule is COc1ccc2c(c1F)CSc1c(C(F)(F)F)nn(-c3ccccc3)c1-2. The molecule has 0 spiro atoms. The molecule has 1 aromatic heterocycles. The molecule has 0 saturated carbocycles. The van der Waals surface area contributed by atoms with Gasteiger partial charge in [0.2, 0.25) is 0 Å². The van der Waals surface area contributed by atoms with Gasteiger partial charge in [-0.05, 0) is 24.3 Å². The molecule has 1 aliphatic rings. The van der Waals surface area contributed by atoms with Crippen LogP contribution in [0.4, 0.5) is 17.6 Å². The molecule has 4 rings (SSSR count). The number of para-hydroxylation sites is 1. The smallest absolute Gasteiger partial charge is 0.436 e. The van der Waals surface area contributed by atoms with Crippen LogP contribution >= 0.6 is 11.8 Å². The molecular formula is C18H12F4N2OS. The minimum atomic E-state index is -4.60. The maximum Gasteiger partial charge on any atom is 0.436 e. The van der Waals surface area contributed by atoms with Crippen LogP contribution in [0.5, 0.6) is 5.75 Å². The van der Waals surface area contributed by atoms with Gasteiger partial charge in [0.1, 0.15) is 0 Å². The largest absolute Gasteiger partial charge is 0.494 e. The van der Waals surface area contributed by atoms with Crippen LogP contribution in [0.1, 0.15) is 11.3 Å². The van der Waals surface area contributed by atoms with Crippen molar-refractivity contribution in [2.75, 3.05) is 7.11 Å². The van der Waals surface area contributed by atoms with Crippen molar-refractivity contribution >= 4 is 11.8 Å². The molecule has 2 aromatic carbocycles. The van der Waals surface area contributed by atoms with E-state index in [1.54, 1.807) is 36.4 Å². The lowest BCUT2D eigenvalue weighted by molar-refractivity contribution is -0.143. The molecular weight excluding hydrogens is 368 g/mol. The van der Waals surface area contributed by atoms with E-state index in [-0.39, 0.29) is 22.1 Å². The van der Waals surface area contributed by atoms with Crippen molar-refractivity contribution in [3.05, 3.63) is 59.5 Å². The van der Waals surface area contributed by atoms with Crippen LogP contribution < -0.4 is 4.74 Å². The highest BCUT2D eigenvalue weighted by Gasteiger charge is 2.42. The molecule has 8 heteroatoms. The minimum Gasteiger partial charge on any atom is -0.494 e. The third kappa shape index (κ3) is 2.56. The molecule has 0 bridgehead atoms. The fourth-order valence-corrected chi connectivity index (χ4v) is 4.18. The van der Waals surface area contributed by atoms with Crippen LogP contribution in [0.2, 0.25) is 0 Å². The summed E-state index contributed by atoms with van der Waals surface area (Å²) in [5, 5.41) is 3.82. The van der Waals surface area contributed by atoms with E-state index in [2.05, 4.69) is 5.10 Å². The van der Waals surface area contributed by atoms with Crippen molar-refractivity contribution in [1.29, 1.82) is 0 Å². The summed E-state index contributed by atoms with van der Waals surface area (Å²) in [5.41, 5.74) is 0.472. The van der Waals surface area contributed by atoms with Crippen molar-refractivity contribution in [1.82, 2.24) is 9.78 Å². The molecule has 134 valence electrons. The number of thioether (sulfide) groups is 1. The van der Waals surface area contributed by atoms with Gasteiger partial charge in [-0.15, -0.1) is 11.8 Å². The first-order chi connectivity index (χ1) is 12.4. The molecule has 26 heavy (non-hydrogen) atoms. The predicted octanol–water partition coefficient (Wildman–Crippen LogP) is 5.31. The van der Waals surface area contributed by atoms with Crippen molar-refractivity contribution < 1.29 is 22.3 Å². The molecule has 0 aliphatic carbocycles. The number of hydrogen-bond donors (Lipinski definition) is 0. The van der Waals surface area contributed by atoms with Crippen LogP contribution in [0.3, 0.4) is 0 Å². The molecule has 0 amide bonds. The third-order valence-electron chi connectivity index (χ3n) is 4.15. The molecule has 3 aromatic rings. The number of rotatable bonds is 2. The minimum absolute atomic E-state index is 0.0124. The molecule has 0 atom stereocenters. The van der Waals surface area contributed by atoms with Crippen LogP contribution in [-0.2, 0) is 11.9 Å². The van der Waals surface area contributed by atoms with E-state index in [0.29, 0.717) is 16.8 Å². The molecule has 3 nitrogen and oxygen atoms in total. The number of methoxy groups -OCH3 is 1. The highest BCUT2D eigenvalue weighted by molar-refractivity contribution is 7.98. The Bertz CT molecular complexity index is 983. The lowest BCUT2D eigenvalue weighted by Gasteiger charge is -2.20. The summed E-state index contributed by atoms with van der Waals surface area (Å²) in [6, 6.07) is 11.5. The van der Waals surface area contributed by atoms with E-state index in [1.165, 1.54) is 17.9 Å². The van der Waals surface area contributed by atoms with E-state index in [4.69, 9.17) is 4.74 Å². The lowest BCUT2D eigenvalue weighted by Crippen LogP contribution is -2.08. The summed E-state index contributed by atoms with van der Waals surface area (Å²) in [5.74, 6) is -0.415. The molecule has 0 fully saturated rings. The van der Waals surface area contributed by atoms with E-state index >= 15 is 0 Å². The van der Waals surface area contributed by atoms with Crippen LogP contribution in [0.15, 0.2) is 47.4 Å². The highest BCUT2D eigenvalue weighted by atomic mass is 32.2. The number of ether oxygens (including phenoxy) is 1. The van der Waals surface area contributed by atoms with Gasteiger partial charge in [-0.1, -0.05) is 18.2 Å². The van der Waals surface area contributed by atoms with Gasteiger partial charge in [0, 0.05) is 16.9 Å². The maximum atomic E-state index is 14.6. The average molecular weight is 380 g/mol. The molecule has 2 heterocycles. The summed E-state index contributed by atoms with van der Waals surface area (Å²) in [7, 11) is 1.35. The Morgan fingerprint density at radius 3 is 2.50 bits per heavy atom. The van der Waals surface area contributed by atoms with Gasteiger partial charge in [0.05, 0.1) is 23.4 Å². The van der Waals surface area contributed by atoms with Crippen LogP contribution in [0.25, 0.3) is 16.9 Å². The lowest BCUT2D eigenvalue weighted by atomic mass is 10.0. The second kappa shape index (κ2) is 6.05. The van der Waals surface area contributed by atoms with E-state index in [9.17, 15) is 17.6 Å². The van der Waals surface area contributed by atoms with Crippen molar-refractivity contribution in [2.24, 2.45) is 0 Å². The fraction of sp³-hybridized carbons (Fsp3) is 0.167. The Balaban J connectivity index is 2.03. The number of benzene rings is 2. The second-order valence-electron chi connectivity index (χ2n) is 5.67. The predicted molar refractivity (Wildman–Crippen MR) is 90.1 cm³/mol. The van der Waals surface area contributed by atoms with E-state index < -0.39 is 17.7 Å². The Morgan fingerprint density at radius 2 is 1.85 bits per heavy atom. The summed E-state index contributed by atoms with van der Waals surface area (Å²) in [6.45, 7) is 0. The van der Waals surface area contributed by atoms with Crippen LogP contribution in [-0.4, -0.2) is 16.9 Å². The number of alkyl halides is 3. The summed E-state index contributed by atoms with van der Waals surface area (Å²) in [6.07, 6.45) is -4.60. The van der Waals surface area contributed by atoms with Gasteiger partial charge in [-0.25, -0.2) is 9.07 Å². The Kier molecular flexibility index (Phi) is 3.95. The third-order valence-corrected chi connectivity index (χ3v) is 5.26. The van der Waals surface area contributed by atoms with Gasteiger partial charge in [0.25, 0.3) is 0 Å². The number of hydrogen-bond acceptors (Lipinski definition) is 3. The van der Waals surface area contributed by atoms with Crippen molar-refractivity contribution in [3.63, 3.8) is 0 Å². The molecule has 1 aliphatic heterocycles. The molecule has 0 N–H and O–H groups in total. The van der Waals surface area contributed by atoms with Gasteiger partial charge < -0.3 is 4.74 Å². The number of nitrogens with zero attached hydrogens (tertiary/aromatic N) is 2. The fourth-order valence-electron chi connectivity index (χ4n) is 2.98. The normalized spacial score (nSPS) is 13.3. The van der Waals surface area contributed by atoms with Crippen LogP contribution in [0, 0.1) is 5.82 Å². The number of halogens is 4. The second-order valence-corrected chi connectivity index (χ2v) is 6.65. The van der Waals surface area contributed by atoms with Gasteiger partial charge in [-0.2, -0.15) is 18.3 Å². The Labute approximate surface area is 150 Å². The summed E-state index contributed by atoms with van der Waals surface area (Å²) >= 11 is 0.935. The summed E-state index contributed by atoms with van der Waals surface area (Å²) in [4.78, 5) is 0.0124. The zero-order chi connectivity index (χ0) is 18.5. The first-order valence-corrected chi connectivity index (χ1v) is 8.64. The standard InChI is InChI=1S/C18H12F4N2OS/c1-25-13-8-7-11-12(14(13)19)9-26-16-15(11)24(10-5-3-2-4-6-10)23-17(16)18(20,21)22/h2-8H,9H2,1H3. The topological polar surface area (TPSA) is 27.1 Å². The maximum absolute atomic E-state index is 14.6.